The molecule has 1 N–H and O–H groups in total. The van der Waals surface area contributed by atoms with Crippen LogP contribution in [0.25, 0.3) is 5.69 Å². The first kappa shape index (κ1) is 23.8. The summed E-state index contributed by atoms with van der Waals surface area (Å²) in [6, 6.07) is 19.8. The molecule has 178 valence electrons. The van der Waals surface area contributed by atoms with Gasteiger partial charge in [0.2, 0.25) is 5.69 Å². The summed E-state index contributed by atoms with van der Waals surface area (Å²) >= 11 is 0. The minimum atomic E-state index is -0.850. The molecule has 1 aromatic heterocycles. The predicted molar refractivity (Wildman–Crippen MR) is 131 cm³/mol. The molecule has 0 spiro atoms. The number of halogens is 1. The van der Waals surface area contributed by atoms with Crippen molar-refractivity contribution < 1.29 is 9.18 Å². The number of hydrogen-bond donors (Lipinski definition) is 1. The van der Waals surface area contributed by atoms with Gasteiger partial charge in [-0.1, -0.05) is 48.5 Å². The zero-order valence-electron chi connectivity index (χ0n) is 19.7. The Balaban J connectivity index is 1.83. The van der Waals surface area contributed by atoms with Crippen LogP contribution in [-0.4, -0.2) is 20.3 Å². The minimum Gasteiger partial charge on any atom is -0.344 e. The lowest BCUT2D eigenvalue weighted by Crippen LogP contribution is -2.46. The molecule has 0 aliphatic heterocycles. The number of nitrogens with one attached hydrogen (secondary N) is 1. The van der Waals surface area contributed by atoms with Gasteiger partial charge in [0, 0.05) is 0 Å². The van der Waals surface area contributed by atoms with Crippen molar-refractivity contribution in [3.8, 4) is 5.69 Å². The highest BCUT2D eigenvalue weighted by molar-refractivity contribution is 5.92. The molecule has 0 bridgehead atoms. The zero-order chi connectivity index (χ0) is 25.1. The molecule has 4 aromatic rings. The lowest BCUT2D eigenvalue weighted by atomic mass is 10.1. The number of aromatic nitrogens is 3. The first-order valence-corrected chi connectivity index (χ1v) is 11.2. The van der Waals surface area contributed by atoms with E-state index < -0.39 is 34.7 Å². The van der Waals surface area contributed by atoms with E-state index in [1.165, 1.54) is 18.2 Å². The highest BCUT2D eigenvalue weighted by Gasteiger charge is 2.22. The molecule has 1 atom stereocenters. The molecule has 35 heavy (non-hydrogen) atoms. The normalized spacial score (nSPS) is 11.8. The van der Waals surface area contributed by atoms with E-state index in [4.69, 9.17) is 0 Å². The summed E-state index contributed by atoms with van der Waals surface area (Å²) in [5.74, 6) is -1.20. The summed E-state index contributed by atoms with van der Waals surface area (Å²) < 4.78 is 15.7. The monoisotopic (exact) mass is 472 g/mol. The third-order valence-corrected chi connectivity index (χ3v) is 5.89. The molecule has 0 saturated heterocycles. The molecular weight excluding hydrogens is 447 g/mol. The second-order valence-electron chi connectivity index (χ2n) is 8.44. The van der Waals surface area contributed by atoms with E-state index in [1.807, 2.05) is 50.2 Å². The average molecular weight is 473 g/mol. The number of hydrogen-bond acceptors (Lipinski definition) is 4. The third kappa shape index (κ3) is 5.11. The first-order valence-electron chi connectivity index (χ1n) is 11.2. The summed E-state index contributed by atoms with van der Waals surface area (Å²) in [7, 11) is 0. The van der Waals surface area contributed by atoms with Gasteiger partial charge in [0.15, 0.2) is 0 Å². The maximum absolute atomic E-state index is 13.8. The van der Waals surface area contributed by atoms with Crippen LogP contribution in [0.1, 0.15) is 45.7 Å². The summed E-state index contributed by atoms with van der Waals surface area (Å²) in [5.41, 5.74) is 1.60. The largest absolute Gasteiger partial charge is 0.352 e. The van der Waals surface area contributed by atoms with Gasteiger partial charge in [0.05, 0.1) is 18.3 Å². The molecule has 4 rings (SSSR count). The molecule has 0 fully saturated rings. The van der Waals surface area contributed by atoms with Crippen molar-refractivity contribution in [1.29, 1.82) is 0 Å². The van der Waals surface area contributed by atoms with Crippen molar-refractivity contribution in [2.45, 2.75) is 33.4 Å². The first-order chi connectivity index (χ1) is 16.7. The van der Waals surface area contributed by atoms with Gasteiger partial charge in [-0.3, -0.25) is 14.2 Å². The number of benzene rings is 3. The van der Waals surface area contributed by atoms with Crippen molar-refractivity contribution in [3.63, 3.8) is 0 Å². The SMILES string of the molecule is Cc1ccc(-n2nc(C(=O)N[C@@H](C)c3ccccc3)c(=O)n(Cc3cccc(F)c3)c2=O)cc1C. The lowest BCUT2D eigenvalue weighted by Gasteiger charge is -2.16. The van der Waals surface area contributed by atoms with Crippen LogP contribution in [0.3, 0.4) is 0 Å². The van der Waals surface area contributed by atoms with Gasteiger partial charge in [0.1, 0.15) is 5.82 Å². The standard InChI is InChI=1S/C27H25FN4O3/c1-17-12-13-23(14-18(17)2)32-27(35)31(16-20-8-7-11-22(28)15-20)26(34)24(30-32)25(33)29-19(3)21-9-5-4-6-10-21/h4-15,19H,16H2,1-3H3,(H,29,33)/t19-/m0/s1. The van der Waals surface area contributed by atoms with Crippen LogP contribution < -0.4 is 16.6 Å². The van der Waals surface area contributed by atoms with Gasteiger partial charge >= 0.3 is 5.69 Å². The van der Waals surface area contributed by atoms with Gasteiger partial charge in [-0.05, 0) is 67.3 Å². The number of carbonyl (C=O) groups excluding carboxylic acids is 1. The van der Waals surface area contributed by atoms with Gasteiger partial charge in [-0.2, -0.15) is 9.78 Å². The smallest absolute Gasteiger partial charge is 0.344 e. The second-order valence-corrected chi connectivity index (χ2v) is 8.44. The second kappa shape index (κ2) is 9.89. The summed E-state index contributed by atoms with van der Waals surface area (Å²) in [6.07, 6.45) is 0. The predicted octanol–water partition coefficient (Wildman–Crippen LogP) is 3.69. The quantitative estimate of drug-likeness (QED) is 0.464. The molecule has 0 radical (unpaired) electrons. The molecular formula is C27H25FN4O3. The Morgan fingerprint density at radius 2 is 1.71 bits per heavy atom. The highest BCUT2D eigenvalue weighted by atomic mass is 19.1. The molecule has 0 saturated carbocycles. The van der Waals surface area contributed by atoms with Crippen molar-refractivity contribution >= 4 is 5.91 Å². The molecule has 1 amide bonds. The van der Waals surface area contributed by atoms with E-state index in [0.29, 0.717) is 11.3 Å². The van der Waals surface area contributed by atoms with Gasteiger partial charge < -0.3 is 5.32 Å². The van der Waals surface area contributed by atoms with Crippen LogP contribution in [0.5, 0.6) is 0 Å². The lowest BCUT2D eigenvalue weighted by molar-refractivity contribution is 0.0930. The summed E-state index contributed by atoms with van der Waals surface area (Å²) in [4.78, 5) is 39.8. The maximum atomic E-state index is 13.8. The molecule has 1 heterocycles. The summed E-state index contributed by atoms with van der Waals surface area (Å²) in [6.45, 7) is 5.40. The number of amides is 1. The fraction of sp³-hybridized carbons (Fsp3) is 0.185. The number of carbonyl (C=O) groups is 1. The molecule has 0 unspecified atom stereocenters. The Hall–Kier alpha value is -4.33. The fourth-order valence-corrected chi connectivity index (χ4v) is 3.73. The highest BCUT2D eigenvalue weighted by Crippen LogP contribution is 2.13. The topological polar surface area (TPSA) is 86.0 Å². The molecule has 0 aliphatic rings. The van der Waals surface area contributed by atoms with E-state index in [2.05, 4.69) is 10.4 Å². The van der Waals surface area contributed by atoms with E-state index >= 15 is 0 Å². The number of nitrogens with zero attached hydrogens (tertiary/aromatic N) is 3. The average Bonchev–Trinajstić information content (AvgIpc) is 2.84. The van der Waals surface area contributed by atoms with Crippen LogP contribution in [0.4, 0.5) is 4.39 Å². The molecule has 8 heteroatoms. The van der Waals surface area contributed by atoms with Crippen LogP contribution in [0.2, 0.25) is 0 Å². The Labute approximate surface area is 201 Å². The van der Waals surface area contributed by atoms with E-state index in [-0.39, 0.29) is 6.54 Å². The fourth-order valence-electron chi connectivity index (χ4n) is 3.73. The van der Waals surface area contributed by atoms with Gasteiger partial charge in [-0.15, -0.1) is 0 Å². The maximum Gasteiger partial charge on any atom is 0.352 e. The Kier molecular flexibility index (Phi) is 6.73. The van der Waals surface area contributed by atoms with Crippen molar-refractivity contribution in [3.05, 3.63) is 127 Å². The van der Waals surface area contributed by atoms with Crippen LogP contribution in [0.15, 0.2) is 82.4 Å². The third-order valence-electron chi connectivity index (χ3n) is 5.89. The van der Waals surface area contributed by atoms with E-state index in [9.17, 15) is 18.8 Å². The van der Waals surface area contributed by atoms with Crippen LogP contribution >= 0.6 is 0 Å². The molecule has 7 nitrogen and oxygen atoms in total. The van der Waals surface area contributed by atoms with Crippen LogP contribution in [0, 0.1) is 19.7 Å². The van der Waals surface area contributed by atoms with Crippen LogP contribution in [-0.2, 0) is 6.54 Å². The Morgan fingerprint density at radius 1 is 0.971 bits per heavy atom. The number of rotatable bonds is 6. The van der Waals surface area contributed by atoms with Gasteiger partial charge in [-0.25, -0.2) is 9.18 Å². The summed E-state index contributed by atoms with van der Waals surface area (Å²) in [5, 5.41) is 6.95. The van der Waals surface area contributed by atoms with Crippen molar-refractivity contribution in [2.24, 2.45) is 0 Å². The van der Waals surface area contributed by atoms with E-state index in [1.54, 1.807) is 25.1 Å². The van der Waals surface area contributed by atoms with Crippen molar-refractivity contribution in [1.82, 2.24) is 19.7 Å². The van der Waals surface area contributed by atoms with E-state index in [0.717, 1.165) is 25.9 Å². The Bertz CT molecular complexity index is 1510. The van der Waals surface area contributed by atoms with Crippen molar-refractivity contribution in [2.75, 3.05) is 0 Å². The Morgan fingerprint density at radius 3 is 2.40 bits per heavy atom. The van der Waals surface area contributed by atoms with Gasteiger partial charge in [0.25, 0.3) is 11.5 Å². The molecule has 3 aromatic carbocycles. The number of aryl methyl sites for hydroxylation is 2. The minimum absolute atomic E-state index is 0.211. The zero-order valence-corrected chi connectivity index (χ0v) is 19.7. The molecule has 0 aliphatic carbocycles.